The van der Waals surface area contributed by atoms with Crippen molar-refractivity contribution in [3.8, 4) is 0 Å². The number of carbonyl (C=O) groups excluding carboxylic acids is 2. The fourth-order valence-corrected chi connectivity index (χ4v) is 3.40. The Balaban J connectivity index is 2.08. The monoisotopic (exact) mass is 234 g/mol. The number of amides is 2. The topological polar surface area (TPSA) is 40.6 Å². The van der Waals surface area contributed by atoms with E-state index in [4.69, 9.17) is 0 Å². The van der Waals surface area contributed by atoms with Gasteiger partial charge in [-0.05, 0) is 25.7 Å². The molecule has 0 aromatic rings. The van der Waals surface area contributed by atoms with E-state index in [-0.39, 0.29) is 23.9 Å². The third-order valence-corrected chi connectivity index (χ3v) is 4.62. The molecule has 2 unspecified atom stereocenters. The van der Waals surface area contributed by atoms with Gasteiger partial charge in [-0.15, -0.1) is 0 Å². The molecule has 1 aliphatic carbocycles. The molecule has 2 saturated heterocycles. The second-order valence-electron chi connectivity index (χ2n) is 5.19. The zero-order valence-electron chi connectivity index (χ0n) is 10.3. The van der Waals surface area contributed by atoms with E-state index in [9.17, 15) is 9.59 Å². The van der Waals surface area contributed by atoms with Crippen molar-refractivity contribution in [3.05, 3.63) is 12.2 Å². The predicted molar refractivity (Wildman–Crippen MR) is 62.7 cm³/mol. The third-order valence-electron chi connectivity index (χ3n) is 4.62. The lowest BCUT2D eigenvalue weighted by Crippen LogP contribution is -2.57. The molecule has 3 heterocycles. The van der Waals surface area contributed by atoms with E-state index in [0.29, 0.717) is 12.8 Å². The van der Waals surface area contributed by atoms with Gasteiger partial charge >= 0.3 is 0 Å². The van der Waals surface area contributed by atoms with Crippen LogP contribution in [0.15, 0.2) is 12.2 Å². The smallest absolute Gasteiger partial charge is 0.257 e. The Bertz CT molecular complexity index is 378. The fraction of sp³-hybridized carbons (Fsp3) is 0.692. The number of fused-ring (bicyclic) bond motifs is 1. The lowest BCUT2D eigenvalue weighted by atomic mass is 9.81. The zero-order valence-corrected chi connectivity index (χ0v) is 10.3. The maximum Gasteiger partial charge on any atom is 0.257 e. The fourth-order valence-electron chi connectivity index (χ4n) is 3.40. The second-order valence-corrected chi connectivity index (χ2v) is 5.19. The van der Waals surface area contributed by atoms with Gasteiger partial charge in [-0.1, -0.05) is 26.0 Å². The molecule has 0 N–H and O–H groups in total. The van der Waals surface area contributed by atoms with Gasteiger partial charge in [0.25, 0.3) is 11.8 Å². The summed E-state index contributed by atoms with van der Waals surface area (Å²) in [6.07, 6.45) is 7.34. The molecule has 0 radical (unpaired) electrons. The van der Waals surface area contributed by atoms with Gasteiger partial charge in [0.2, 0.25) is 0 Å². The molecular weight excluding hydrogens is 216 g/mol. The van der Waals surface area contributed by atoms with Gasteiger partial charge in [0.1, 0.15) is 5.41 Å². The Morgan fingerprint density at radius 2 is 1.47 bits per heavy atom. The molecule has 2 fully saturated rings. The summed E-state index contributed by atoms with van der Waals surface area (Å²) in [4.78, 5) is 25.1. The number of carbonyl (C=O) groups is 2. The predicted octanol–water partition coefficient (Wildman–Crippen LogP) is 1.48. The molecule has 4 aliphatic rings. The highest BCUT2D eigenvalue weighted by atomic mass is 16.2. The van der Waals surface area contributed by atoms with Gasteiger partial charge < -0.3 is 0 Å². The first-order valence-corrected chi connectivity index (χ1v) is 6.51. The van der Waals surface area contributed by atoms with Crippen LogP contribution in [-0.4, -0.2) is 33.9 Å². The summed E-state index contributed by atoms with van der Waals surface area (Å²) < 4.78 is 0. The van der Waals surface area contributed by atoms with E-state index in [1.54, 1.807) is 10.0 Å². The van der Waals surface area contributed by atoms with Gasteiger partial charge in [-0.2, -0.15) is 0 Å². The number of nitrogens with zero attached hydrogens (tertiary/aromatic N) is 2. The molecule has 2 amide bonds. The minimum absolute atomic E-state index is 0.0200. The van der Waals surface area contributed by atoms with Crippen LogP contribution in [0.1, 0.15) is 39.5 Å². The van der Waals surface area contributed by atoms with Gasteiger partial charge in [0.15, 0.2) is 0 Å². The van der Waals surface area contributed by atoms with E-state index < -0.39 is 5.41 Å². The van der Waals surface area contributed by atoms with Crippen LogP contribution in [0.25, 0.3) is 0 Å². The average Bonchev–Trinajstić information content (AvgIpc) is 2.63. The highest BCUT2D eigenvalue weighted by Gasteiger charge is 2.60. The Morgan fingerprint density at radius 3 is 1.76 bits per heavy atom. The molecule has 3 aliphatic heterocycles. The van der Waals surface area contributed by atoms with Gasteiger partial charge in [0, 0.05) is 0 Å². The lowest BCUT2D eigenvalue weighted by Gasteiger charge is -2.45. The van der Waals surface area contributed by atoms with Crippen molar-refractivity contribution in [1.82, 2.24) is 10.0 Å². The number of hydrazine groups is 1. The molecule has 0 aromatic carbocycles. The molecule has 2 atom stereocenters. The van der Waals surface area contributed by atoms with Crippen molar-refractivity contribution < 1.29 is 9.59 Å². The van der Waals surface area contributed by atoms with Crippen LogP contribution in [0.4, 0.5) is 0 Å². The molecule has 92 valence electrons. The van der Waals surface area contributed by atoms with Gasteiger partial charge in [-0.25, -0.2) is 10.0 Å². The van der Waals surface area contributed by atoms with Crippen LogP contribution in [0.2, 0.25) is 0 Å². The molecule has 4 rings (SSSR count). The minimum atomic E-state index is -0.785. The van der Waals surface area contributed by atoms with E-state index >= 15 is 0 Å². The normalized spacial score (nSPS) is 33.5. The third kappa shape index (κ3) is 1.08. The maximum absolute atomic E-state index is 12.6. The maximum atomic E-state index is 12.6. The summed E-state index contributed by atoms with van der Waals surface area (Å²) in [6, 6.07) is 0.216. The molecule has 0 saturated carbocycles. The van der Waals surface area contributed by atoms with Crippen LogP contribution < -0.4 is 0 Å². The first kappa shape index (κ1) is 10.8. The molecular formula is C13H18N2O2. The Kier molecular flexibility index (Phi) is 2.12. The molecule has 0 aromatic heterocycles. The molecule has 4 heteroatoms. The summed E-state index contributed by atoms with van der Waals surface area (Å²) in [5.41, 5.74) is -0.785. The van der Waals surface area contributed by atoms with Crippen LogP contribution in [0.5, 0.6) is 0 Å². The SMILES string of the molecule is CCC1(CC)C(=O)N2C3C=CC(CC3)N2C1=O. The average molecular weight is 234 g/mol. The quantitative estimate of drug-likeness (QED) is 0.536. The Labute approximate surface area is 101 Å². The molecule has 4 nitrogen and oxygen atoms in total. The summed E-state index contributed by atoms with van der Waals surface area (Å²) in [6.45, 7) is 3.88. The van der Waals surface area contributed by atoms with E-state index in [1.165, 1.54) is 0 Å². The number of hydrogen-bond donors (Lipinski definition) is 0. The van der Waals surface area contributed by atoms with Crippen molar-refractivity contribution in [2.45, 2.75) is 51.6 Å². The molecule has 17 heavy (non-hydrogen) atoms. The standard InChI is InChI=1S/C13H18N2O2/c1-3-13(4-2)11(16)14-9-5-6-10(8-7-9)15(14)12(13)17/h5-6,9-10H,3-4,7-8H2,1-2H3. The first-order chi connectivity index (χ1) is 8.15. The van der Waals surface area contributed by atoms with E-state index in [2.05, 4.69) is 12.2 Å². The number of hydrogen-bond acceptors (Lipinski definition) is 2. The van der Waals surface area contributed by atoms with Crippen molar-refractivity contribution in [1.29, 1.82) is 0 Å². The van der Waals surface area contributed by atoms with Gasteiger partial charge in [0.05, 0.1) is 12.1 Å². The van der Waals surface area contributed by atoms with E-state index in [0.717, 1.165) is 12.8 Å². The highest BCUT2D eigenvalue weighted by molar-refractivity contribution is 6.10. The van der Waals surface area contributed by atoms with Crippen molar-refractivity contribution >= 4 is 11.8 Å². The van der Waals surface area contributed by atoms with Crippen LogP contribution >= 0.6 is 0 Å². The van der Waals surface area contributed by atoms with Gasteiger partial charge in [-0.3, -0.25) is 9.59 Å². The summed E-state index contributed by atoms with van der Waals surface area (Å²) in [5, 5.41) is 3.45. The molecule has 2 bridgehead atoms. The van der Waals surface area contributed by atoms with Crippen molar-refractivity contribution in [3.63, 3.8) is 0 Å². The van der Waals surface area contributed by atoms with E-state index in [1.807, 2.05) is 13.8 Å². The Hall–Kier alpha value is -1.32. The first-order valence-electron chi connectivity index (χ1n) is 6.51. The van der Waals surface area contributed by atoms with Crippen LogP contribution in [0, 0.1) is 5.41 Å². The second kappa shape index (κ2) is 3.34. The summed E-state index contributed by atoms with van der Waals surface area (Å²) in [7, 11) is 0. The largest absolute Gasteiger partial charge is 0.272 e. The lowest BCUT2D eigenvalue weighted by molar-refractivity contribution is -0.161. The van der Waals surface area contributed by atoms with Crippen LogP contribution in [-0.2, 0) is 9.59 Å². The van der Waals surface area contributed by atoms with Crippen molar-refractivity contribution in [2.75, 3.05) is 0 Å². The minimum Gasteiger partial charge on any atom is -0.272 e. The van der Waals surface area contributed by atoms with Crippen molar-refractivity contribution in [2.24, 2.45) is 5.41 Å². The zero-order chi connectivity index (χ0) is 12.2. The number of rotatable bonds is 2. The Morgan fingerprint density at radius 1 is 1.06 bits per heavy atom. The summed E-state index contributed by atoms with van der Waals surface area (Å²) in [5.74, 6) is 0.0399. The summed E-state index contributed by atoms with van der Waals surface area (Å²) >= 11 is 0. The highest BCUT2D eigenvalue weighted by Crippen LogP contribution is 2.45. The van der Waals surface area contributed by atoms with Crippen LogP contribution in [0.3, 0.4) is 0 Å². The molecule has 0 spiro atoms.